The van der Waals surface area contributed by atoms with Crippen LogP contribution in [0.5, 0.6) is 0 Å². The monoisotopic (exact) mass is 273 g/mol. The van der Waals surface area contributed by atoms with Gasteiger partial charge in [0.2, 0.25) is 0 Å². The van der Waals surface area contributed by atoms with Crippen molar-refractivity contribution in [1.29, 1.82) is 0 Å². The van der Waals surface area contributed by atoms with Crippen LogP contribution in [0.2, 0.25) is 0 Å². The molecule has 0 aliphatic rings. The predicted molar refractivity (Wildman–Crippen MR) is 74.0 cm³/mol. The lowest BCUT2D eigenvalue weighted by Gasteiger charge is -2.05. The van der Waals surface area contributed by atoms with Gasteiger partial charge < -0.3 is 14.8 Å². The van der Waals surface area contributed by atoms with Crippen LogP contribution < -0.4 is 5.32 Å². The molecule has 5 nitrogen and oxygen atoms in total. The molecule has 0 unspecified atom stereocenters. The standard InChI is InChI=1S/C14H27NO4/c1-3-5-9-12-19-13(16)10-7-6-8-11-15-14(17)18-4-2/h3-12H2,1-2H3,(H,15,17). The van der Waals surface area contributed by atoms with Crippen molar-refractivity contribution < 1.29 is 19.1 Å². The van der Waals surface area contributed by atoms with Crippen LogP contribution in [0.15, 0.2) is 0 Å². The quantitative estimate of drug-likeness (QED) is 0.464. The van der Waals surface area contributed by atoms with Crippen LogP contribution >= 0.6 is 0 Å². The number of nitrogens with one attached hydrogen (secondary N) is 1. The molecule has 0 aliphatic heterocycles. The number of carbonyl (C=O) groups is 2. The molecule has 0 rings (SSSR count). The van der Waals surface area contributed by atoms with Crippen LogP contribution in [-0.4, -0.2) is 31.8 Å². The van der Waals surface area contributed by atoms with Crippen molar-refractivity contribution in [3.05, 3.63) is 0 Å². The fourth-order valence-electron chi connectivity index (χ4n) is 1.55. The normalized spacial score (nSPS) is 10.0. The molecule has 0 bridgehead atoms. The van der Waals surface area contributed by atoms with E-state index >= 15 is 0 Å². The summed E-state index contributed by atoms with van der Waals surface area (Å²) in [5.74, 6) is -0.116. The van der Waals surface area contributed by atoms with Gasteiger partial charge in [-0.05, 0) is 26.2 Å². The summed E-state index contributed by atoms with van der Waals surface area (Å²) in [5, 5.41) is 2.64. The molecule has 0 saturated heterocycles. The second-order valence-electron chi connectivity index (χ2n) is 4.39. The summed E-state index contributed by atoms with van der Waals surface area (Å²) in [7, 11) is 0. The van der Waals surface area contributed by atoms with Gasteiger partial charge in [0.1, 0.15) is 0 Å². The Bertz CT molecular complexity index is 244. The molecular formula is C14H27NO4. The first-order valence-corrected chi connectivity index (χ1v) is 7.27. The number of rotatable bonds is 11. The Morgan fingerprint density at radius 2 is 1.74 bits per heavy atom. The van der Waals surface area contributed by atoms with E-state index < -0.39 is 0 Å². The van der Waals surface area contributed by atoms with Gasteiger partial charge in [-0.3, -0.25) is 4.79 Å². The number of hydrogen-bond acceptors (Lipinski definition) is 4. The number of carbonyl (C=O) groups excluding carboxylic acids is 2. The third-order valence-corrected chi connectivity index (χ3v) is 2.61. The van der Waals surface area contributed by atoms with E-state index in [1.54, 1.807) is 6.92 Å². The Kier molecular flexibility index (Phi) is 12.3. The fourth-order valence-corrected chi connectivity index (χ4v) is 1.55. The molecule has 0 radical (unpaired) electrons. The molecule has 0 heterocycles. The molecule has 0 fully saturated rings. The van der Waals surface area contributed by atoms with Crippen molar-refractivity contribution >= 4 is 12.1 Å². The van der Waals surface area contributed by atoms with E-state index in [4.69, 9.17) is 9.47 Å². The Hall–Kier alpha value is -1.26. The largest absolute Gasteiger partial charge is 0.466 e. The second kappa shape index (κ2) is 13.2. The zero-order valence-electron chi connectivity index (χ0n) is 12.2. The Morgan fingerprint density at radius 3 is 2.42 bits per heavy atom. The molecule has 1 amide bonds. The van der Waals surface area contributed by atoms with Crippen LogP contribution in [0.1, 0.15) is 58.8 Å². The van der Waals surface area contributed by atoms with Crippen LogP contribution in [0.25, 0.3) is 0 Å². The first-order chi connectivity index (χ1) is 9.20. The highest BCUT2D eigenvalue weighted by Gasteiger charge is 2.03. The van der Waals surface area contributed by atoms with E-state index in [0.717, 1.165) is 38.5 Å². The minimum atomic E-state index is -0.377. The van der Waals surface area contributed by atoms with Gasteiger partial charge in [-0.15, -0.1) is 0 Å². The van der Waals surface area contributed by atoms with Crippen molar-refractivity contribution in [2.24, 2.45) is 0 Å². The van der Waals surface area contributed by atoms with Gasteiger partial charge in [-0.1, -0.05) is 26.2 Å². The summed E-state index contributed by atoms with van der Waals surface area (Å²) in [5.41, 5.74) is 0. The predicted octanol–water partition coefficient (Wildman–Crippen LogP) is 3.03. The molecule has 5 heteroatoms. The zero-order chi connectivity index (χ0) is 14.3. The van der Waals surface area contributed by atoms with E-state index in [1.165, 1.54) is 0 Å². The Labute approximate surface area is 116 Å². The van der Waals surface area contributed by atoms with Gasteiger partial charge in [0, 0.05) is 13.0 Å². The molecule has 0 aliphatic carbocycles. The minimum Gasteiger partial charge on any atom is -0.466 e. The van der Waals surface area contributed by atoms with E-state index in [0.29, 0.717) is 26.2 Å². The molecule has 0 atom stereocenters. The molecule has 19 heavy (non-hydrogen) atoms. The first kappa shape index (κ1) is 17.7. The maximum absolute atomic E-state index is 11.3. The highest BCUT2D eigenvalue weighted by atomic mass is 16.5. The second-order valence-corrected chi connectivity index (χ2v) is 4.39. The molecule has 0 saturated carbocycles. The molecule has 0 aromatic heterocycles. The van der Waals surface area contributed by atoms with Gasteiger partial charge in [-0.2, -0.15) is 0 Å². The maximum atomic E-state index is 11.3. The summed E-state index contributed by atoms with van der Waals surface area (Å²) >= 11 is 0. The Balaban J connectivity index is 3.25. The van der Waals surface area contributed by atoms with Crippen LogP contribution in [0.4, 0.5) is 4.79 Å². The van der Waals surface area contributed by atoms with Gasteiger partial charge in [0.25, 0.3) is 0 Å². The lowest BCUT2D eigenvalue weighted by atomic mass is 10.2. The van der Waals surface area contributed by atoms with Gasteiger partial charge in [-0.25, -0.2) is 4.79 Å². The summed E-state index contributed by atoms with van der Waals surface area (Å²) < 4.78 is 9.82. The van der Waals surface area contributed by atoms with E-state index in [1.807, 2.05) is 0 Å². The number of amides is 1. The topological polar surface area (TPSA) is 64.6 Å². The average Bonchev–Trinajstić information content (AvgIpc) is 2.39. The molecule has 0 aromatic rings. The SMILES string of the molecule is CCCCCOC(=O)CCCCCNC(=O)OCC. The number of alkyl carbamates (subject to hydrolysis) is 1. The van der Waals surface area contributed by atoms with Crippen LogP contribution in [0.3, 0.4) is 0 Å². The smallest absolute Gasteiger partial charge is 0.407 e. The number of ether oxygens (including phenoxy) is 2. The van der Waals surface area contributed by atoms with Gasteiger partial charge in [0.15, 0.2) is 0 Å². The van der Waals surface area contributed by atoms with Gasteiger partial charge in [0.05, 0.1) is 13.2 Å². The Morgan fingerprint density at radius 1 is 0.947 bits per heavy atom. The highest BCUT2D eigenvalue weighted by Crippen LogP contribution is 2.02. The van der Waals surface area contributed by atoms with Crippen molar-refractivity contribution in [3.8, 4) is 0 Å². The molecule has 0 spiro atoms. The minimum absolute atomic E-state index is 0.116. The third kappa shape index (κ3) is 13.0. The fraction of sp³-hybridized carbons (Fsp3) is 0.857. The first-order valence-electron chi connectivity index (χ1n) is 7.27. The van der Waals surface area contributed by atoms with Crippen LogP contribution in [-0.2, 0) is 14.3 Å². The van der Waals surface area contributed by atoms with Crippen molar-refractivity contribution in [2.75, 3.05) is 19.8 Å². The van der Waals surface area contributed by atoms with Crippen molar-refractivity contribution in [3.63, 3.8) is 0 Å². The third-order valence-electron chi connectivity index (χ3n) is 2.61. The molecule has 112 valence electrons. The highest BCUT2D eigenvalue weighted by molar-refractivity contribution is 5.69. The number of unbranched alkanes of at least 4 members (excludes halogenated alkanes) is 4. The van der Waals surface area contributed by atoms with E-state index in [-0.39, 0.29) is 12.1 Å². The number of esters is 1. The van der Waals surface area contributed by atoms with Crippen molar-refractivity contribution in [1.82, 2.24) is 5.32 Å². The lowest BCUT2D eigenvalue weighted by Crippen LogP contribution is -2.25. The van der Waals surface area contributed by atoms with E-state index in [2.05, 4.69) is 12.2 Å². The molecule has 0 aromatic carbocycles. The van der Waals surface area contributed by atoms with E-state index in [9.17, 15) is 9.59 Å². The summed E-state index contributed by atoms with van der Waals surface area (Å²) in [6.45, 7) is 5.40. The average molecular weight is 273 g/mol. The summed E-state index contributed by atoms with van der Waals surface area (Å²) in [6.07, 6.45) is 5.82. The molecule has 1 N–H and O–H groups in total. The number of hydrogen-bond donors (Lipinski definition) is 1. The van der Waals surface area contributed by atoms with Gasteiger partial charge >= 0.3 is 12.1 Å². The zero-order valence-corrected chi connectivity index (χ0v) is 12.2. The van der Waals surface area contributed by atoms with Crippen LogP contribution in [0, 0.1) is 0 Å². The summed E-state index contributed by atoms with van der Waals surface area (Å²) in [4.78, 5) is 22.3. The van der Waals surface area contributed by atoms with Crippen molar-refractivity contribution in [2.45, 2.75) is 58.8 Å². The maximum Gasteiger partial charge on any atom is 0.407 e. The lowest BCUT2D eigenvalue weighted by molar-refractivity contribution is -0.143. The molecular weight excluding hydrogens is 246 g/mol. The summed E-state index contributed by atoms with van der Waals surface area (Å²) in [6, 6.07) is 0.